The van der Waals surface area contributed by atoms with E-state index in [4.69, 9.17) is 13.9 Å². The highest BCUT2D eigenvalue weighted by molar-refractivity contribution is 5.93. The first kappa shape index (κ1) is 22.4. The summed E-state index contributed by atoms with van der Waals surface area (Å²) < 4.78 is 17.2. The van der Waals surface area contributed by atoms with Gasteiger partial charge in [0, 0.05) is 18.2 Å². The number of para-hydroxylation sites is 1. The number of aliphatic hydroxyl groups excluding tert-OH is 1. The fourth-order valence-corrected chi connectivity index (χ4v) is 4.02. The van der Waals surface area contributed by atoms with E-state index in [1.54, 1.807) is 50.8 Å². The van der Waals surface area contributed by atoms with E-state index in [0.29, 0.717) is 22.6 Å². The molecule has 0 spiro atoms. The second kappa shape index (κ2) is 8.60. The molecule has 2 heterocycles. The number of nitriles is 1. The van der Waals surface area contributed by atoms with E-state index < -0.39 is 23.7 Å². The Balaban J connectivity index is 1.99. The zero-order chi connectivity index (χ0) is 23.8. The quantitative estimate of drug-likeness (QED) is 0.572. The number of esters is 1. The van der Waals surface area contributed by atoms with Gasteiger partial charge in [0.15, 0.2) is 5.89 Å². The van der Waals surface area contributed by atoms with Crippen LogP contribution in [0.1, 0.15) is 54.3 Å². The maximum Gasteiger partial charge on any atom is 0.362 e. The molecule has 0 saturated heterocycles. The van der Waals surface area contributed by atoms with Crippen molar-refractivity contribution in [3.63, 3.8) is 0 Å². The van der Waals surface area contributed by atoms with E-state index in [-0.39, 0.29) is 24.1 Å². The average Bonchev–Trinajstić information content (AvgIpc) is 3.18. The van der Waals surface area contributed by atoms with Crippen LogP contribution in [0.2, 0.25) is 0 Å². The first-order valence-corrected chi connectivity index (χ1v) is 10.7. The van der Waals surface area contributed by atoms with Crippen molar-refractivity contribution in [3.8, 4) is 11.8 Å². The van der Waals surface area contributed by atoms with Crippen LogP contribution >= 0.6 is 0 Å². The first-order valence-electron chi connectivity index (χ1n) is 10.7. The molecule has 4 rings (SSSR count). The molecule has 170 valence electrons. The summed E-state index contributed by atoms with van der Waals surface area (Å²) >= 11 is 0. The number of carbonyl (C=O) groups is 1. The van der Waals surface area contributed by atoms with Crippen LogP contribution in [0, 0.1) is 18.3 Å². The number of rotatable bonds is 5. The third kappa shape index (κ3) is 4.03. The standard InChI is InChI=1S/C25H25N3O5/c1-5-31-24(30)20-23(32-15(2)27-20)28(17-9-7-6-8-10-17)21-18-13-16(14-26)11-12-19(18)33-25(3,4)22(21)29/h6-13,21-22,29H,5H2,1-4H3. The van der Waals surface area contributed by atoms with Crippen molar-refractivity contribution in [3.05, 3.63) is 71.2 Å². The van der Waals surface area contributed by atoms with Crippen molar-refractivity contribution in [2.75, 3.05) is 11.5 Å². The summed E-state index contributed by atoms with van der Waals surface area (Å²) in [6.07, 6.45) is -1.06. The summed E-state index contributed by atoms with van der Waals surface area (Å²) in [6, 6.07) is 15.7. The fraction of sp³-hybridized carbons (Fsp3) is 0.320. The summed E-state index contributed by atoms with van der Waals surface area (Å²) in [5.74, 6) is 0.328. The Morgan fingerprint density at radius 3 is 2.67 bits per heavy atom. The Labute approximate surface area is 192 Å². The topological polar surface area (TPSA) is 109 Å². The highest BCUT2D eigenvalue weighted by Gasteiger charge is 2.48. The van der Waals surface area contributed by atoms with Gasteiger partial charge in [0.05, 0.1) is 24.3 Å². The molecule has 1 N–H and O–H groups in total. The number of oxazole rings is 1. The van der Waals surface area contributed by atoms with Crippen LogP contribution in [0.15, 0.2) is 52.9 Å². The van der Waals surface area contributed by atoms with Crippen LogP contribution in [-0.2, 0) is 4.74 Å². The molecule has 1 aliphatic heterocycles. The van der Waals surface area contributed by atoms with Gasteiger partial charge >= 0.3 is 5.97 Å². The zero-order valence-electron chi connectivity index (χ0n) is 18.9. The molecule has 1 aromatic heterocycles. The van der Waals surface area contributed by atoms with E-state index in [9.17, 15) is 15.2 Å². The molecular formula is C25H25N3O5. The summed E-state index contributed by atoms with van der Waals surface area (Å²) in [5, 5.41) is 21.0. The van der Waals surface area contributed by atoms with Crippen molar-refractivity contribution in [1.82, 2.24) is 4.98 Å². The molecular weight excluding hydrogens is 422 g/mol. The molecule has 2 aromatic carbocycles. The zero-order valence-corrected chi connectivity index (χ0v) is 18.9. The number of hydrogen-bond acceptors (Lipinski definition) is 8. The van der Waals surface area contributed by atoms with Crippen LogP contribution in [0.25, 0.3) is 0 Å². The second-order valence-corrected chi connectivity index (χ2v) is 8.27. The third-order valence-corrected chi connectivity index (χ3v) is 5.56. The number of anilines is 2. The molecule has 2 unspecified atom stereocenters. The number of ether oxygens (including phenoxy) is 2. The van der Waals surface area contributed by atoms with E-state index in [0.717, 1.165) is 0 Å². The van der Waals surface area contributed by atoms with Crippen LogP contribution < -0.4 is 9.64 Å². The Morgan fingerprint density at radius 1 is 1.27 bits per heavy atom. The predicted molar refractivity (Wildman–Crippen MR) is 120 cm³/mol. The number of aliphatic hydroxyl groups is 1. The van der Waals surface area contributed by atoms with Gasteiger partial charge in [-0.2, -0.15) is 5.26 Å². The lowest BCUT2D eigenvalue weighted by molar-refractivity contribution is -0.0574. The molecule has 0 saturated carbocycles. The normalized spacial score (nSPS) is 18.5. The predicted octanol–water partition coefficient (Wildman–Crippen LogP) is 4.44. The third-order valence-electron chi connectivity index (χ3n) is 5.56. The second-order valence-electron chi connectivity index (χ2n) is 8.27. The van der Waals surface area contributed by atoms with Crippen LogP contribution in [0.3, 0.4) is 0 Å². The molecule has 1 aliphatic rings. The van der Waals surface area contributed by atoms with E-state index in [1.807, 2.05) is 30.3 Å². The van der Waals surface area contributed by atoms with Gasteiger partial charge < -0.3 is 19.0 Å². The molecule has 0 bridgehead atoms. The molecule has 2 atom stereocenters. The summed E-state index contributed by atoms with van der Waals surface area (Å²) in [4.78, 5) is 18.7. The van der Waals surface area contributed by atoms with Crippen molar-refractivity contribution in [1.29, 1.82) is 5.26 Å². The molecule has 0 amide bonds. The minimum atomic E-state index is -1.06. The van der Waals surface area contributed by atoms with Gasteiger partial charge in [-0.05, 0) is 51.1 Å². The van der Waals surface area contributed by atoms with Crippen molar-refractivity contribution in [2.45, 2.75) is 45.4 Å². The molecule has 0 radical (unpaired) electrons. The molecule has 8 heteroatoms. The maximum atomic E-state index is 12.8. The Bertz CT molecular complexity index is 1210. The first-order chi connectivity index (χ1) is 15.8. The highest BCUT2D eigenvalue weighted by atomic mass is 16.5. The molecule has 3 aromatic rings. The Morgan fingerprint density at radius 2 is 2.00 bits per heavy atom. The number of aromatic nitrogens is 1. The maximum absolute atomic E-state index is 12.8. The summed E-state index contributed by atoms with van der Waals surface area (Å²) in [5.41, 5.74) is 0.704. The van der Waals surface area contributed by atoms with Gasteiger partial charge in [-0.15, -0.1) is 0 Å². The van der Waals surface area contributed by atoms with Gasteiger partial charge in [-0.1, -0.05) is 18.2 Å². The fourth-order valence-electron chi connectivity index (χ4n) is 4.02. The lowest BCUT2D eigenvalue weighted by atomic mass is 9.84. The summed E-state index contributed by atoms with van der Waals surface area (Å²) in [7, 11) is 0. The number of hydrogen-bond donors (Lipinski definition) is 1. The molecule has 0 fully saturated rings. The molecule has 0 aliphatic carbocycles. The van der Waals surface area contributed by atoms with Crippen LogP contribution in [0.4, 0.5) is 11.6 Å². The van der Waals surface area contributed by atoms with Gasteiger partial charge in [0.2, 0.25) is 11.6 Å². The number of benzene rings is 2. The SMILES string of the molecule is CCOC(=O)c1nc(C)oc1N(c1ccccc1)C1c2cc(C#N)ccc2OC(C)(C)C1O. The van der Waals surface area contributed by atoms with E-state index in [1.165, 1.54) is 0 Å². The Hall–Kier alpha value is -3.83. The lowest BCUT2D eigenvalue weighted by Gasteiger charge is -2.46. The Kier molecular flexibility index (Phi) is 5.83. The number of nitrogens with zero attached hydrogens (tertiary/aromatic N) is 3. The van der Waals surface area contributed by atoms with E-state index in [2.05, 4.69) is 11.1 Å². The highest BCUT2D eigenvalue weighted by Crippen LogP contribution is 2.48. The minimum absolute atomic E-state index is 0.00712. The summed E-state index contributed by atoms with van der Waals surface area (Å²) in [6.45, 7) is 7.10. The van der Waals surface area contributed by atoms with Crippen LogP contribution in [-0.4, -0.2) is 34.4 Å². The minimum Gasteiger partial charge on any atom is -0.485 e. The molecule has 8 nitrogen and oxygen atoms in total. The van der Waals surface area contributed by atoms with Crippen LogP contribution in [0.5, 0.6) is 5.75 Å². The monoisotopic (exact) mass is 447 g/mol. The number of carbonyl (C=O) groups excluding carboxylic acids is 1. The number of aryl methyl sites for hydroxylation is 1. The van der Waals surface area contributed by atoms with Gasteiger partial charge in [0.1, 0.15) is 17.5 Å². The van der Waals surface area contributed by atoms with E-state index >= 15 is 0 Å². The van der Waals surface area contributed by atoms with Gasteiger partial charge in [-0.3, -0.25) is 4.90 Å². The van der Waals surface area contributed by atoms with Gasteiger partial charge in [0.25, 0.3) is 0 Å². The smallest absolute Gasteiger partial charge is 0.362 e. The van der Waals surface area contributed by atoms with Crippen molar-refractivity contribution in [2.24, 2.45) is 0 Å². The largest absolute Gasteiger partial charge is 0.485 e. The lowest BCUT2D eigenvalue weighted by Crippen LogP contribution is -2.53. The van der Waals surface area contributed by atoms with Crippen molar-refractivity contribution < 1.29 is 23.8 Å². The average molecular weight is 447 g/mol. The van der Waals surface area contributed by atoms with Crippen molar-refractivity contribution >= 4 is 17.5 Å². The number of fused-ring (bicyclic) bond motifs is 1. The molecule has 33 heavy (non-hydrogen) atoms. The van der Waals surface area contributed by atoms with Gasteiger partial charge in [-0.25, -0.2) is 9.78 Å².